The van der Waals surface area contributed by atoms with Crippen molar-refractivity contribution in [1.29, 1.82) is 0 Å². The fourth-order valence-electron chi connectivity index (χ4n) is 1.85. The lowest BCUT2D eigenvalue weighted by Crippen LogP contribution is -2.25. The van der Waals surface area contributed by atoms with E-state index in [4.69, 9.17) is 10.5 Å². The molecule has 0 fully saturated rings. The number of rotatable bonds is 8. The average Bonchev–Trinajstić information content (AvgIpc) is 2.75. The maximum atomic E-state index is 11.2. The quantitative estimate of drug-likeness (QED) is 0.713. The third-order valence-corrected chi connectivity index (χ3v) is 2.74. The van der Waals surface area contributed by atoms with Crippen molar-refractivity contribution in [1.82, 2.24) is 9.78 Å². The topological polar surface area (TPSA) is 70.1 Å². The molecule has 0 spiro atoms. The van der Waals surface area contributed by atoms with Gasteiger partial charge in [0, 0.05) is 37.3 Å². The van der Waals surface area contributed by atoms with Crippen molar-refractivity contribution in [3.05, 3.63) is 18.0 Å². The summed E-state index contributed by atoms with van der Waals surface area (Å²) in [5, 5.41) is 4.25. The zero-order valence-corrected chi connectivity index (χ0v) is 11.3. The number of ether oxygens (including phenoxy) is 1. The van der Waals surface area contributed by atoms with Crippen molar-refractivity contribution in [2.24, 2.45) is 5.73 Å². The number of aromatic nitrogens is 2. The molecule has 2 N–H and O–H groups in total. The normalized spacial score (nSPS) is 12.4. The lowest BCUT2D eigenvalue weighted by Gasteiger charge is -2.12. The molecule has 0 aliphatic heterocycles. The molecule has 1 unspecified atom stereocenters. The highest BCUT2D eigenvalue weighted by atomic mass is 16.5. The van der Waals surface area contributed by atoms with Gasteiger partial charge >= 0.3 is 5.97 Å². The molecule has 5 heteroatoms. The smallest absolute Gasteiger partial charge is 0.305 e. The fourth-order valence-corrected chi connectivity index (χ4v) is 1.85. The van der Waals surface area contributed by atoms with Crippen LogP contribution in [-0.4, -0.2) is 28.4 Å². The third kappa shape index (κ3) is 4.87. The number of nitrogens with zero attached hydrogens (tertiary/aromatic N) is 2. The van der Waals surface area contributed by atoms with Crippen molar-refractivity contribution in [3.63, 3.8) is 0 Å². The first-order chi connectivity index (χ1) is 8.67. The molecule has 5 nitrogen and oxygen atoms in total. The second-order valence-corrected chi connectivity index (χ2v) is 4.35. The van der Waals surface area contributed by atoms with Crippen LogP contribution in [0.4, 0.5) is 0 Å². The maximum absolute atomic E-state index is 11.2. The van der Waals surface area contributed by atoms with Gasteiger partial charge in [-0.1, -0.05) is 6.92 Å². The van der Waals surface area contributed by atoms with Crippen LogP contribution in [0.2, 0.25) is 0 Å². The van der Waals surface area contributed by atoms with Crippen LogP contribution in [0.15, 0.2) is 12.3 Å². The molecule has 0 aromatic carbocycles. The Balaban J connectivity index is 2.37. The largest absolute Gasteiger partial charge is 0.466 e. The molecular formula is C13H23N3O2. The predicted octanol–water partition coefficient (Wildman–Crippen LogP) is 1.51. The van der Waals surface area contributed by atoms with Crippen molar-refractivity contribution >= 4 is 5.97 Å². The van der Waals surface area contributed by atoms with E-state index in [2.05, 4.69) is 12.0 Å². The van der Waals surface area contributed by atoms with E-state index in [1.54, 1.807) is 13.1 Å². The van der Waals surface area contributed by atoms with Gasteiger partial charge in [0.25, 0.3) is 0 Å². The van der Waals surface area contributed by atoms with Gasteiger partial charge in [0.05, 0.1) is 6.61 Å². The molecule has 0 aliphatic rings. The Morgan fingerprint density at radius 1 is 1.56 bits per heavy atom. The highest BCUT2D eigenvalue weighted by Crippen LogP contribution is 2.07. The van der Waals surface area contributed by atoms with E-state index in [1.165, 1.54) is 0 Å². The van der Waals surface area contributed by atoms with Gasteiger partial charge in [-0.3, -0.25) is 9.48 Å². The van der Waals surface area contributed by atoms with Crippen LogP contribution in [0, 0.1) is 0 Å². The molecular weight excluding hydrogens is 230 g/mol. The zero-order valence-electron chi connectivity index (χ0n) is 11.3. The Hall–Kier alpha value is -1.36. The van der Waals surface area contributed by atoms with Gasteiger partial charge < -0.3 is 10.5 Å². The molecule has 1 aromatic heterocycles. The Morgan fingerprint density at radius 3 is 3.00 bits per heavy atom. The minimum atomic E-state index is -0.171. The van der Waals surface area contributed by atoms with Crippen molar-refractivity contribution in [3.8, 4) is 0 Å². The zero-order chi connectivity index (χ0) is 13.4. The molecule has 0 amide bonds. The highest BCUT2D eigenvalue weighted by Gasteiger charge is 2.11. The molecule has 0 saturated carbocycles. The summed E-state index contributed by atoms with van der Waals surface area (Å²) in [6.07, 6.45) is 4.63. The summed E-state index contributed by atoms with van der Waals surface area (Å²) in [6.45, 7) is 5.26. The van der Waals surface area contributed by atoms with Crippen LogP contribution in [0.25, 0.3) is 0 Å². The minimum Gasteiger partial charge on any atom is -0.466 e. The van der Waals surface area contributed by atoms with Crippen molar-refractivity contribution < 1.29 is 9.53 Å². The summed E-state index contributed by atoms with van der Waals surface area (Å²) in [5.74, 6) is -0.171. The Bertz CT molecular complexity index is 363. The molecule has 1 aromatic rings. The van der Waals surface area contributed by atoms with E-state index in [1.807, 2.05) is 10.7 Å². The first-order valence-corrected chi connectivity index (χ1v) is 6.59. The van der Waals surface area contributed by atoms with Crippen LogP contribution >= 0.6 is 0 Å². The molecule has 0 bridgehead atoms. The average molecular weight is 253 g/mol. The van der Waals surface area contributed by atoms with Crippen LogP contribution in [0.5, 0.6) is 0 Å². The van der Waals surface area contributed by atoms with Gasteiger partial charge in [0.15, 0.2) is 0 Å². The summed E-state index contributed by atoms with van der Waals surface area (Å²) >= 11 is 0. The van der Waals surface area contributed by atoms with E-state index in [0.717, 1.165) is 25.1 Å². The molecule has 18 heavy (non-hydrogen) atoms. The van der Waals surface area contributed by atoms with Crippen LogP contribution in [0.3, 0.4) is 0 Å². The SMILES string of the molecule is CCCn1nccc1CC(N)CCC(=O)OCC. The van der Waals surface area contributed by atoms with Crippen molar-refractivity contribution in [2.75, 3.05) is 6.61 Å². The van der Waals surface area contributed by atoms with Gasteiger partial charge in [-0.25, -0.2) is 0 Å². The molecule has 102 valence electrons. The van der Waals surface area contributed by atoms with E-state index < -0.39 is 0 Å². The van der Waals surface area contributed by atoms with E-state index in [0.29, 0.717) is 19.4 Å². The number of carbonyl (C=O) groups is 1. The lowest BCUT2D eigenvalue weighted by atomic mass is 10.1. The summed E-state index contributed by atoms with van der Waals surface area (Å²) < 4.78 is 6.85. The second kappa shape index (κ2) is 7.87. The summed E-state index contributed by atoms with van der Waals surface area (Å²) in [7, 11) is 0. The van der Waals surface area contributed by atoms with Crippen LogP contribution < -0.4 is 5.73 Å². The predicted molar refractivity (Wildman–Crippen MR) is 70.1 cm³/mol. The van der Waals surface area contributed by atoms with E-state index in [9.17, 15) is 4.79 Å². The number of aryl methyl sites for hydroxylation is 1. The maximum Gasteiger partial charge on any atom is 0.305 e. The second-order valence-electron chi connectivity index (χ2n) is 4.35. The number of hydrogen-bond acceptors (Lipinski definition) is 4. The lowest BCUT2D eigenvalue weighted by molar-refractivity contribution is -0.143. The van der Waals surface area contributed by atoms with Gasteiger partial charge in [-0.15, -0.1) is 0 Å². The Labute approximate surface area is 108 Å². The van der Waals surface area contributed by atoms with Crippen molar-refractivity contribution in [2.45, 2.75) is 52.1 Å². The summed E-state index contributed by atoms with van der Waals surface area (Å²) in [4.78, 5) is 11.2. The standard InChI is InChI=1S/C13H23N3O2/c1-3-9-16-12(7-8-15-16)10-11(14)5-6-13(17)18-4-2/h7-8,11H,3-6,9-10,14H2,1-2H3. The van der Waals surface area contributed by atoms with Gasteiger partial charge in [-0.05, 0) is 25.8 Å². The minimum absolute atomic E-state index is 0.0262. The molecule has 1 atom stereocenters. The molecule has 1 heterocycles. The number of nitrogens with two attached hydrogens (primary N) is 1. The monoisotopic (exact) mass is 253 g/mol. The number of carbonyl (C=O) groups excluding carboxylic acids is 1. The van der Waals surface area contributed by atoms with Gasteiger partial charge in [0.1, 0.15) is 0 Å². The van der Waals surface area contributed by atoms with Gasteiger partial charge in [0.2, 0.25) is 0 Å². The summed E-state index contributed by atoms with van der Waals surface area (Å²) in [6, 6.07) is 1.96. The first-order valence-electron chi connectivity index (χ1n) is 6.59. The molecule has 0 aliphatic carbocycles. The number of esters is 1. The van der Waals surface area contributed by atoms with Crippen LogP contribution in [-0.2, 0) is 22.5 Å². The first kappa shape index (κ1) is 14.7. The molecule has 0 radical (unpaired) electrons. The molecule has 1 rings (SSSR count). The van der Waals surface area contributed by atoms with E-state index >= 15 is 0 Å². The summed E-state index contributed by atoms with van der Waals surface area (Å²) in [5.41, 5.74) is 7.16. The fraction of sp³-hybridized carbons (Fsp3) is 0.692. The van der Waals surface area contributed by atoms with Crippen LogP contribution in [0.1, 0.15) is 38.8 Å². The Morgan fingerprint density at radius 2 is 2.33 bits per heavy atom. The number of hydrogen-bond donors (Lipinski definition) is 1. The Kier molecular flexibility index (Phi) is 6.43. The van der Waals surface area contributed by atoms with Gasteiger partial charge in [-0.2, -0.15) is 5.10 Å². The molecule has 0 saturated heterocycles. The highest BCUT2D eigenvalue weighted by molar-refractivity contribution is 5.69. The van der Waals surface area contributed by atoms with E-state index in [-0.39, 0.29) is 12.0 Å². The third-order valence-electron chi connectivity index (χ3n) is 2.74.